The molecule has 0 unspecified atom stereocenters. The van der Waals surface area contributed by atoms with Gasteiger partial charge in [0.2, 0.25) is 0 Å². The number of methoxy groups -OCH3 is 1. The highest BCUT2D eigenvalue weighted by atomic mass is 32.1. The summed E-state index contributed by atoms with van der Waals surface area (Å²) >= 11 is 1.52. The van der Waals surface area contributed by atoms with Crippen LogP contribution >= 0.6 is 11.3 Å². The second kappa shape index (κ2) is 6.28. The van der Waals surface area contributed by atoms with Gasteiger partial charge in [-0.3, -0.25) is 4.40 Å². The van der Waals surface area contributed by atoms with Crippen LogP contribution < -0.4 is 10.5 Å². The van der Waals surface area contributed by atoms with E-state index in [-0.39, 0.29) is 11.6 Å². The van der Waals surface area contributed by atoms with Crippen molar-refractivity contribution < 1.29 is 9.13 Å². The van der Waals surface area contributed by atoms with Crippen LogP contribution in [0.25, 0.3) is 38.4 Å². The Balaban J connectivity index is 1.89. The molecule has 5 rings (SSSR count). The van der Waals surface area contributed by atoms with Crippen molar-refractivity contribution in [1.29, 1.82) is 0 Å². The van der Waals surface area contributed by atoms with Gasteiger partial charge in [-0.2, -0.15) is 0 Å². The molecule has 0 saturated carbocycles. The molecule has 0 aliphatic rings. The smallest absolute Gasteiger partial charge is 0.180 e. The normalized spacial score (nSPS) is 11.4. The van der Waals surface area contributed by atoms with Crippen molar-refractivity contribution in [2.45, 2.75) is 0 Å². The molecule has 2 aromatic carbocycles. The van der Waals surface area contributed by atoms with E-state index in [4.69, 9.17) is 10.5 Å². The van der Waals surface area contributed by atoms with Gasteiger partial charge < -0.3 is 10.5 Å². The lowest BCUT2D eigenvalue weighted by atomic mass is 10.0. The molecule has 0 bridgehead atoms. The molecular weight excluding hydrogens is 377 g/mol. The van der Waals surface area contributed by atoms with Crippen LogP contribution in [-0.4, -0.2) is 26.5 Å². The molecule has 5 aromatic rings. The largest absolute Gasteiger partial charge is 0.494 e. The summed E-state index contributed by atoms with van der Waals surface area (Å²) in [6.07, 6.45) is 3.48. The Hall–Kier alpha value is -3.52. The van der Waals surface area contributed by atoms with Crippen molar-refractivity contribution >= 4 is 33.0 Å². The van der Waals surface area contributed by atoms with Crippen molar-refractivity contribution in [3.05, 3.63) is 60.1 Å². The standard InChI is InChI=1S/C20H14FN5OS/c1-27-14-8-12(9-15-17(14)24-10-28-15)18-16(11-3-2-4-13(21)7-11)25-19(22)20-23-5-6-26(18)20/h2-10H,1H3,(H2,22,25). The minimum atomic E-state index is -0.343. The first-order valence-corrected chi connectivity index (χ1v) is 9.34. The van der Waals surface area contributed by atoms with Crippen LogP contribution in [0.4, 0.5) is 10.2 Å². The highest BCUT2D eigenvalue weighted by Gasteiger charge is 2.19. The summed E-state index contributed by atoms with van der Waals surface area (Å²) in [6.45, 7) is 0. The first kappa shape index (κ1) is 16.6. The second-order valence-electron chi connectivity index (χ2n) is 6.20. The maximum Gasteiger partial charge on any atom is 0.180 e. The average molecular weight is 391 g/mol. The summed E-state index contributed by atoms with van der Waals surface area (Å²) in [5.41, 5.74) is 12.0. The Bertz CT molecular complexity index is 1340. The fourth-order valence-electron chi connectivity index (χ4n) is 3.35. The van der Waals surface area contributed by atoms with Gasteiger partial charge in [0, 0.05) is 23.5 Å². The third-order valence-corrected chi connectivity index (χ3v) is 5.34. The fraction of sp³-hybridized carbons (Fsp3) is 0.0500. The molecule has 2 N–H and O–H groups in total. The molecule has 0 saturated heterocycles. The molecule has 0 aliphatic heterocycles. The van der Waals surface area contributed by atoms with E-state index in [1.807, 2.05) is 22.7 Å². The number of rotatable bonds is 3. The minimum absolute atomic E-state index is 0.277. The Kier molecular flexibility index (Phi) is 3.73. The number of nitrogen functional groups attached to an aromatic ring is 1. The monoisotopic (exact) mass is 391 g/mol. The number of halogens is 1. The van der Waals surface area contributed by atoms with E-state index in [9.17, 15) is 4.39 Å². The topological polar surface area (TPSA) is 78.3 Å². The number of nitrogens with zero attached hydrogens (tertiary/aromatic N) is 4. The number of nitrogens with two attached hydrogens (primary N) is 1. The number of fused-ring (bicyclic) bond motifs is 2. The maximum absolute atomic E-state index is 13.9. The number of hydrogen-bond acceptors (Lipinski definition) is 6. The van der Waals surface area contributed by atoms with Crippen LogP contribution in [0.5, 0.6) is 5.75 Å². The van der Waals surface area contributed by atoms with Gasteiger partial charge in [-0.1, -0.05) is 12.1 Å². The van der Waals surface area contributed by atoms with E-state index < -0.39 is 0 Å². The van der Waals surface area contributed by atoms with Crippen LogP contribution in [0.1, 0.15) is 0 Å². The number of benzene rings is 2. The Morgan fingerprint density at radius 3 is 2.86 bits per heavy atom. The van der Waals surface area contributed by atoms with Gasteiger partial charge in [0.05, 0.1) is 28.7 Å². The SMILES string of the molecule is COc1cc(-c2c(-c3cccc(F)c3)nc(N)c3nccn23)cc2scnc12. The highest BCUT2D eigenvalue weighted by Crippen LogP contribution is 2.38. The molecule has 0 aliphatic carbocycles. The summed E-state index contributed by atoms with van der Waals surface area (Å²) in [7, 11) is 1.61. The number of anilines is 1. The molecule has 0 fully saturated rings. The van der Waals surface area contributed by atoms with Crippen molar-refractivity contribution in [2.24, 2.45) is 0 Å². The van der Waals surface area contributed by atoms with Gasteiger partial charge in [-0.15, -0.1) is 11.3 Å². The van der Waals surface area contributed by atoms with E-state index in [1.54, 1.807) is 30.9 Å². The first-order chi connectivity index (χ1) is 13.7. The maximum atomic E-state index is 13.9. The zero-order valence-electron chi connectivity index (χ0n) is 14.8. The van der Waals surface area contributed by atoms with Gasteiger partial charge in [-0.05, 0) is 24.3 Å². The summed E-state index contributed by atoms with van der Waals surface area (Å²) in [4.78, 5) is 13.2. The Morgan fingerprint density at radius 2 is 2.04 bits per heavy atom. The van der Waals surface area contributed by atoms with Crippen molar-refractivity contribution in [2.75, 3.05) is 12.8 Å². The van der Waals surface area contributed by atoms with Gasteiger partial charge in [0.25, 0.3) is 0 Å². The number of thiazole rings is 1. The van der Waals surface area contributed by atoms with Crippen LogP contribution in [0, 0.1) is 5.82 Å². The zero-order chi connectivity index (χ0) is 19.3. The fourth-order valence-corrected chi connectivity index (χ4v) is 4.08. The van der Waals surface area contributed by atoms with Gasteiger partial charge >= 0.3 is 0 Å². The van der Waals surface area contributed by atoms with Crippen LogP contribution in [-0.2, 0) is 0 Å². The van der Waals surface area contributed by atoms with Crippen molar-refractivity contribution in [1.82, 2.24) is 19.4 Å². The predicted octanol–water partition coefficient (Wildman–Crippen LogP) is 4.40. The highest BCUT2D eigenvalue weighted by molar-refractivity contribution is 7.16. The third kappa shape index (κ3) is 2.49. The van der Waals surface area contributed by atoms with Gasteiger partial charge in [0.15, 0.2) is 11.5 Å². The van der Waals surface area contributed by atoms with E-state index in [0.717, 1.165) is 21.5 Å². The number of imidazole rings is 1. The lowest BCUT2D eigenvalue weighted by Gasteiger charge is -2.15. The number of ether oxygens (including phenoxy) is 1. The molecule has 28 heavy (non-hydrogen) atoms. The van der Waals surface area contributed by atoms with E-state index in [1.165, 1.54) is 23.5 Å². The van der Waals surface area contributed by atoms with Crippen LogP contribution in [0.2, 0.25) is 0 Å². The van der Waals surface area contributed by atoms with Crippen molar-refractivity contribution in [3.8, 4) is 28.3 Å². The summed E-state index contributed by atoms with van der Waals surface area (Å²) < 4.78 is 22.3. The molecule has 0 spiro atoms. The molecule has 138 valence electrons. The number of hydrogen-bond donors (Lipinski definition) is 1. The summed E-state index contributed by atoms with van der Waals surface area (Å²) in [6, 6.07) is 10.2. The summed E-state index contributed by atoms with van der Waals surface area (Å²) in [5, 5.41) is 0. The van der Waals surface area contributed by atoms with E-state index in [0.29, 0.717) is 22.7 Å². The van der Waals surface area contributed by atoms with E-state index >= 15 is 0 Å². The molecule has 0 amide bonds. The molecule has 3 heterocycles. The molecule has 0 radical (unpaired) electrons. The lowest BCUT2D eigenvalue weighted by molar-refractivity contribution is 0.419. The first-order valence-electron chi connectivity index (χ1n) is 8.46. The molecule has 8 heteroatoms. The lowest BCUT2D eigenvalue weighted by Crippen LogP contribution is -2.04. The third-order valence-electron chi connectivity index (χ3n) is 4.56. The molecule has 0 atom stereocenters. The zero-order valence-corrected chi connectivity index (χ0v) is 15.6. The van der Waals surface area contributed by atoms with Gasteiger partial charge in [0.1, 0.15) is 17.1 Å². The second-order valence-corrected chi connectivity index (χ2v) is 7.09. The Labute approximate surface area is 163 Å². The predicted molar refractivity (Wildman–Crippen MR) is 108 cm³/mol. The number of aromatic nitrogens is 4. The van der Waals surface area contributed by atoms with Crippen LogP contribution in [0.15, 0.2) is 54.3 Å². The van der Waals surface area contributed by atoms with Gasteiger partial charge in [-0.25, -0.2) is 19.3 Å². The minimum Gasteiger partial charge on any atom is -0.494 e. The quantitative estimate of drug-likeness (QED) is 0.493. The molecule has 6 nitrogen and oxygen atoms in total. The van der Waals surface area contributed by atoms with Crippen molar-refractivity contribution in [3.63, 3.8) is 0 Å². The Morgan fingerprint density at radius 1 is 1.14 bits per heavy atom. The van der Waals surface area contributed by atoms with Crippen LogP contribution in [0.3, 0.4) is 0 Å². The molecule has 3 aromatic heterocycles. The molecular formula is C20H14FN5OS. The van der Waals surface area contributed by atoms with E-state index in [2.05, 4.69) is 15.0 Å². The summed E-state index contributed by atoms with van der Waals surface area (Å²) in [5.74, 6) is 0.591. The average Bonchev–Trinajstić information content (AvgIpc) is 3.36.